The van der Waals surface area contributed by atoms with Gasteiger partial charge in [0.2, 0.25) is 0 Å². The molecular formula is C24H20ClN3O2. The molecule has 4 rings (SSSR count). The molecule has 0 aliphatic heterocycles. The van der Waals surface area contributed by atoms with Crippen LogP contribution in [0.1, 0.15) is 15.9 Å². The molecule has 0 aliphatic rings. The lowest BCUT2D eigenvalue weighted by atomic mass is 10.1. The molecule has 30 heavy (non-hydrogen) atoms. The fraction of sp³-hybridized carbons (Fsp3) is 0.0833. The standard InChI is InChI=1S/C24H20ClN3O2/c1-15-3-4-16(24(29)27-18-6-8-19(30-2)9-7-18)13-22(15)28-21-11-12-26-23-14-17(25)5-10-20(21)23/h3-14H,1-2H3,(H,26,28)(H,27,29). The first-order chi connectivity index (χ1) is 14.5. The fourth-order valence-electron chi connectivity index (χ4n) is 3.15. The van der Waals surface area contributed by atoms with Crippen LogP contribution < -0.4 is 15.4 Å². The molecule has 2 N–H and O–H groups in total. The highest BCUT2D eigenvalue weighted by atomic mass is 35.5. The van der Waals surface area contributed by atoms with Crippen LogP contribution in [-0.4, -0.2) is 18.0 Å². The summed E-state index contributed by atoms with van der Waals surface area (Å²) in [6.45, 7) is 1.99. The summed E-state index contributed by atoms with van der Waals surface area (Å²) in [7, 11) is 1.61. The first kappa shape index (κ1) is 19.7. The Hall–Kier alpha value is -3.57. The Morgan fingerprint density at radius 1 is 0.967 bits per heavy atom. The van der Waals surface area contributed by atoms with Crippen molar-refractivity contribution in [2.75, 3.05) is 17.7 Å². The highest BCUT2D eigenvalue weighted by molar-refractivity contribution is 6.31. The first-order valence-corrected chi connectivity index (χ1v) is 9.78. The number of aromatic nitrogens is 1. The highest BCUT2D eigenvalue weighted by Crippen LogP contribution is 2.29. The van der Waals surface area contributed by atoms with E-state index in [-0.39, 0.29) is 5.91 Å². The lowest BCUT2D eigenvalue weighted by molar-refractivity contribution is 0.102. The van der Waals surface area contributed by atoms with Crippen LogP contribution >= 0.6 is 11.6 Å². The number of methoxy groups -OCH3 is 1. The van der Waals surface area contributed by atoms with Gasteiger partial charge < -0.3 is 15.4 Å². The number of fused-ring (bicyclic) bond motifs is 1. The SMILES string of the molecule is COc1ccc(NC(=O)c2ccc(C)c(Nc3ccnc4cc(Cl)ccc34)c2)cc1. The third-order valence-electron chi connectivity index (χ3n) is 4.82. The van der Waals surface area contributed by atoms with Crippen molar-refractivity contribution in [2.24, 2.45) is 0 Å². The summed E-state index contributed by atoms with van der Waals surface area (Å²) in [5.74, 6) is 0.551. The molecule has 1 amide bonds. The number of carbonyl (C=O) groups is 1. The normalized spacial score (nSPS) is 10.6. The number of ether oxygens (including phenoxy) is 1. The number of halogens is 1. The predicted molar refractivity (Wildman–Crippen MR) is 122 cm³/mol. The average molecular weight is 418 g/mol. The molecule has 6 heteroatoms. The Kier molecular flexibility index (Phi) is 5.55. The van der Waals surface area contributed by atoms with Crippen molar-refractivity contribution in [3.05, 3.63) is 89.1 Å². The van der Waals surface area contributed by atoms with Crippen molar-refractivity contribution in [2.45, 2.75) is 6.92 Å². The van der Waals surface area contributed by atoms with Gasteiger partial charge in [-0.1, -0.05) is 17.7 Å². The van der Waals surface area contributed by atoms with Crippen LogP contribution in [-0.2, 0) is 0 Å². The number of nitrogens with one attached hydrogen (secondary N) is 2. The van der Waals surface area contributed by atoms with E-state index in [0.29, 0.717) is 16.3 Å². The van der Waals surface area contributed by atoms with Crippen LogP contribution in [0.4, 0.5) is 17.1 Å². The van der Waals surface area contributed by atoms with Crippen molar-refractivity contribution in [1.29, 1.82) is 0 Å². The Morgan fingerprint density at radius 2 is 1.77 bits per heavy atom. The Bertz CT molecular complexity index is 1220. The van der Waals surface area contributed by atoms with Crippen LogP contribution in [0.3, 0.4) is 0 Å². The van der Waals surface area contributed by atoms with E-state index in [2.05, 4.69) is 15.6 Å². The number of rotatable bonds is 5. The molecule has 3 aromatic carbocycles. The van der Waals surface area contributed by atoms with Crippen molar-refractivity contribution < 1.29 is 9.53 Å². The largest absolute Gasteiger partial charge is 0.497 e. The molecule has 1 heterocycles. The van der Waals surface area contributed by atoms with Gasteiger partial charge in [-0.3, -0.25) is 9.78 Å². The monoisotopic (exact) mass is 417 g/mol. The van der Waals surface area contributed by atoms with Gasteiger partial charge in [-0.05, 0) is 73.2 Å². The molecule has 0 unspecified atom stereocenters. The molecule has 0 radical (unpaired) electrons. The van der Waals surface area contributed by atoms with Gasteiger partial charge in [0, 0.05) is 39.2 Å². The van der Waals surface area contributed by atoms with Gasteiger partial charge in [0.25, 0.3) is 5.91 Å². The molecule has 0 fully saturated rings. The van der Waals surface area contributed by atoms with Crippen LogP contribution in [0.15, 0.2) is 72.9 Å². The summed E-state index contributed by atoms with van der Waals surface area (Å²) in [4.78, 5) is 17.1. The summed E-state index contributed by atoms with van der Waals surface area (Å²) in [5, 5.41) is 7.93. The molecule has 150 valence electrons. The van der Waals surface area contributed by atoms with Gasteiger partial charge in [-0.15, -0.1) is 0 Å². The zero-order valence-electron chi connectivity index (χ0n) is 16.6. The number of hydrogen-bond donors (Lipinski definition) is 2. The molecule has 0 saturated heterocycles. The Morgan fingerprint density at radius 3 is 2.53 bits per heavy atom. The average Bonchev–Trinajstić information content (AvgIpc) is 2.75. The topological polar surface area (TPSA) is 63.2 Å². The van der Waals surface area contributed by atoms with E-state index >= 15 is 0 Å². The summed E-state index contributed by atoms with van der Waals surface area (Å²) >= 11 is 6.08. The maximum Gasteiger partial charge on any atom is 0.255 e. The van der Waals surface area contributed by atoms with Gasteiger partial charge in [0.05, 0.1) is 12.6 Å². The van der Waals surface area contributed by atoms with Crippen LogP contribution in [0.5, 0.6) is 5.75 Å². The molecular weight excluding hydrogens is 398 g/mol. The van der Waals surface area contributed by atoms with Gasteiger partial charge in [0.1, 0.15) is 5.75 Å². The van der Waals surface area contributed by atoms with Crippen molar-refractivity contribution in [3.8, 4) is 5.75 Å². The fourth-order valence-corrected chi connectivity index (χ4v) is 3.32. The van der Waals surface area contributed by atoms with E-state index in [0.717, 1.165) is 33.6 Å². The Labute approximate surface area is 179 Å². The van der Waals surface area contributed by atoms with E-state index in [1.165, 1.54) is 0 Å². The van der Waals surface area contributed by atoms with Crippen LogP contribution in [0.2, 0.25) is 5.02 Å². The van der Waals surface area contributed by atoms with Gasteiger partial charge in [-0.25, -0.2) is 0 Å². The minimum absolute atomic E-state index is 0.186. The maximum atomic E-state index is 12.7. The number of pyridine rings is 1. The van der Waals surface area contributed by atoms with Gasteiger partial charge in [-0.2, -0.15) is 0 Å². The quantitative estimate of drug-likeness (QED) is 0.405. The molecule has 1 aromatic heterocycles. The second kappa shape index (κ2) is 8.43. The van der Waals surface area contributed by atoms with E-state index < -0.39 is 0 Å². The second-order valence-corrected chi connectivity index (χ2v) is 7.29. The lowest BCUT2D eigenvalue weighted by Crippen LogP contribution is -2.12. The summed E-state index contributed by atoms with van der Waals surface area (Å²) in [6.07, 6.45) is 1.73. The third kappa shape index (κ3) is 4.21. The molecule has 0 bridgehead atoms. The molecule has 0 aliphatic carbocycles. The third-order valence-corrected chi connectivity index (χ3v) is 5.06. The number of benzene rings is 3. The Balaban J connectivity index is 1.59. The molecule has 5 nitrogen and oxygen atoms in total. The van der Waals surface area contributed by atoms with Crippen molar-refractivity contribution >= 4 is 45.5 Å². The number of anilines is 3. The summed E-state index contributed by atoms with van der Waals surface area (Å²) in [5.41, 5.74) is 4.83. The number of aryl methyl sites for hydroxylation is 1. The molecule has 4 aromatic rings. The molecule has 0 atom stereocenters. The van der Waals surface area contributed by atoms with Crippen molar-refractivity contribution in [3.63, 3.8) is 0 Å². The maximum absolute atomic E-state index is 12.7. The first-order valence-electron chi connectivity index (χ1n) is 9.41. The van der Waals surface area contributed by atoms with E-state index in [1.807, 2.05) is 49.4 Å². The zero-order valence-corrected chi connectivity index (χ0v) is 17.3. The molecule has 0 spiro atoms. The lowest BCUT2D eigenvalue weighted by Gasteiger charge is -2.14. The minimum atomic E-state index is -0.186. The van der Waals surface area contributed by atoms with Crippen LogP contribution in [0, 0.1) is 6.92 Å². The number of amides is 1. The summed E-state index contributed by atoms with van der Waals surface area (Å²) in [6, 6.07) is 20.3. The number of carbonyl (C=O) groups excluding carboxylic acids is 1. The number of nitrogens with zero attached hydrogens (tertiary/aromatic N) is 1. The zero-order chi connectivity index (χ0) is 21.1. The minimum Gasteiger partial charge on any atom is -0.497 e. The predicted octanol–water partition coefficient (Wildman–Crippen LogP) is 6.20. The van der Waals surface area contributed by atoms with E-state index in [1.54, 1.807) is 37.6 Å². The van der Waals surface area contributed by atoms with E-state index in [4.69, 9.17) is 16.3 Å². The van der Waals surface area contributed by atoms with E-state index in [9.17, 15) is 4.79 Å². The van der Waals surface area contributed by atoms with Crippen molar-refractivity contribution in [1.82, 2.24) is 4.98 Å². The van der Waals surface area contributed by atoms with Gasteiger partial charge >= 0.3 is 0 Å². The number of hydrogen-bond acceptors (Lipinski definition) is 4. The smallest absolute Gasteiger partial charge is 0.255 e. The highest BCUT2D eigenvalue weighted by Gasteiger charge is 2.11. The second-order valence-electron chi connectivity index (χ2n) is 6.86. The summed E-state index contributed by atoms with van der Waals surface area (Å²) < 4.78 is 5.15. The molecule has 0 saturated carbocycles. The van der Waals surface area contributed by atoms with Crippen LogP contribution in [0.25, 0.3) is 10.9 Å². The van der Waals surface area contributed by atoms with Gasteiger partial charge in [0.15, 0.2) is 0 Å².